The number of aromatic nitrogens is 4. The van der Waals surface area contributed by atoms with Crippen molar-refractivity contribution < 1.29 is 23.0 Å². The Morgan fingerprint density at radius 3 is 2.66 bits per heavy atom. The number of aromatic amines is 1. The monoisotopic (exact) mass is 408 g/mol. The van der Waals surface area contributed by atoms with Gasteiger partial charge in [-0.05, 0) is 37.5 Å². The van der Waals surface area contributed by atoms with Gasteiger partial charge < -0.3 is 14.8 Å². The highest BCUT2D eigenvalue weighted by atomic mass is 19.4. The second-order valence-corrected chi connectivity index (χ2v) is 7.00. The molecule has 0 aliphatic carbocycles. The predicted octanol–water partition coefficient (Wildman–Crippen LogP) is 3.09. The van der Waals surface area contributed by atoms with Crippen molar-refractivity contribution in [1.82, 2.24) is 19.7 Å². The van der Waals surface area contributed by atoms with Crippen LogP contribution in [0.15, 0.2) is 29.1 Å². The van der Waals surface area contributed by atoms with Crippen LogP contribution in [-0.4, -0.2) is 31.5 Å². The second-order valence-electron chi connectivity index (χ2n) is 7.00. The number of nitrogens with one attached hydrogen (secondary N) is 1. The van der Waals surface area contributed by atoms with Crippen molar-refractivity contribution in [1.29, 1.82) is 0 Å². The number of alkyl halides is 3. The molecular weight excluding hydrogens is 389 g/mol. The van der Waals surface area contributed by atoms with Crippen molar-refractivity contribution in [2.24, 2.45) is 0 Å². The number of hydrogen-bond acceptors (Lipinski definition) is 5. The van der Waals surface area contributed by atoms with E-state index in [0.717, 1.165) is 25.0 Å². The fraction of sp³-hybridized carbons (Fsp3) is 0.421. The van der Waals surface area contributed by atoms with Gasteiger partial charge in [0.25, 0.3) is 5.56 Å². The highest BCUT2D eigenvalue weighted by Crippen LogP contribution is 2.31. The third kappa shape index (κ3) is 3.53. The van der Waals surface area contributed by atoms with Gasteiger partial charge >= 0.3 is 6.18 Å². The van der Waals surface area contributed by atoms with Gasteiger partial charge in [-0.2, -0.15) is 18.3 Å². The van der Waals surface area contributed by atoms with Crippen LogP contribution in [0.5, 0.6) is 0 Å². The maximum Gasteiger partial charge on any atom is 0.416 e. The summed E-state index contributed by atoms with van der Waals surface area (Å²) in [5, 5.41) is 14.1. The lowest BCUT2D eigenvalue weighted by Crippen LogP contribution is -2.17. The van der Waals surface area contributed by atoms with Crippen LogP contribution in [0, 0.1) is 0 Å². The summed E-state index contributed by atoms with van der Waals surface area (Å²) in [5.41, 5.74) is -0.199. The molecule has 0 bridgehead atoms. The molecule has 10 heteroatoms. The van der Waals surface area contributed by atoms with Crippen LogP contribution < -0.4 is 5.56 Å². The Morgan fingerprint density at radius 2 is 2.07 bits per heavy atom. The molecule has 1 fully saturated rings. The van der Waals surface area contributed by atoms with Gasteiger partial charge in [0.1, 0.15) is 23.0 Å². The number of ether oxygens (including phenoxy) is 1. The predicted molar refractivity (Wildman–Crippen MR) is 97.3 cm³/mol. The molecule has 3 aromatic rings. The lowest BCUT2D eigenvalue weighted by molar-refractivity contribution is -0.137. The van der Waals surface area contributed by atoms with E-state index in [1.54, 1.807) is 6.92 Å². The smallest absolute Gasteiger partial charge is 0.390 e. The van der Waals surface area contributed by atoms with Crippen LogP contribution in [-0.2, 0) is 17.5 Å². The van der Waals surface area contributed by atoms with Crippen LogP contribution in [0.25, 0.3) is 11.0 Å². The Balaban J connectivity index is 1.80. The van der Waals surface area contributed by atoms with Gasteiger partial charge in [0.05, 0.1) is 18.2 Å². The average molecular weight is 408 g/mol. The number of rotatable bonds is 4. The molecule has 1 saturated heterocycles. The number of nitrogens with zero attached hydrogens (tertiary/aromatic N) is 3. The Bertz CT molecular complexity index is 1080. The first-order chi connectivity index (χ1) is 13.8. The van der Waals surface area contributed by atoms with Crippen molar-refractivity contribution in [2.45, 2.75) is 44.7 Å². The molecule has 2 atom stereocenters. The number of H-pyrrole nitrogens is 1. The van der Waals surface area contributed by atoms with Gasteiger partial charge in [-0.1, -0.05) is 12.1 Å². The Labute approximate surface area is 163 Å². The van der Waals surface area contributed by atoms with E-state index in [-0.39, 0.29) is 22.8 Å². The van der Waals surface area contributed by atoms with Crippen molar-refractivity contribution >= 4 is 11.0 Å². The molecule has 3 heterocycles. The SMILES string of the molecule is C[C@H](c1ccc(C(F)(F)F)cc1)n1nc(CO)c2c(=O)[nH]c([C@H]3CCCO3)nc21. The highest BCUT2D eigenvalue weighted by Gasteiger charge is 2.30. The highest BCUT2D eigenvalue weighted by molar-refractivity contribution is 5.77. The molecule has 2 aromatic heterocycles. The largest absolute Gasteiger partial charge is 0.416 e. The molecule has 2 N–H and O–H groups in total. The molecule has 154 valence electrons. The molecule has 1 aliphatic rings. The summed E-state index contributed by atoms with van der Waals surface area (Å²) < 4.78 is 45.5. The van der Waals surface area contributed by atoms with Crippen molar-refractivity contribution in [3.8, 4) is 0 Å². The van der Waals surface area contributed by atoms with E-state index in [2.05, 4.69) is 15.1 Å². The van der Waals surface area contributed by atoms with Crippen molar-refractivity contribution in [3.05, 3.63) is 57.3 Å². The molecule has 0 unspecified atom stereocenters. The van der Waals surface area contributed by atoms with Crippen LogP contribution in [0.4, 0.5) is 13.2 Å². The fourth-order valence-electron chi connectivity index (χ4n) is 3.55. The molecule has 7 nitrogen and oxygen atoms in total. The third-order valence-electron chi connectivity index (χ3n) is 5.12. The van der Waals surface area contributed by atoms with Gasteiger partial charge in [0.2, 0.25) is 0 Å². The molecule has 29 heavy (non-hydrogen) atoms. The molecule has 0 radical (unpaired) electrons. The van der Waals surface area contributed by atoms with Gasteiger partial charge in [-0.25, -0.2) is 9.67 Å². The van der Waals surface area contributed by atoms with Gasteiger partial charge in [0.15, 0.2) is 5.65 Å². The summed E-state index contributed by atoms with van der Waals surface area (Å²) in [4.78, 5) is 19.8. The van der Waals surface area contributed by atoms with Crippen LogP contribution >= 0.6 is 0 Å². The number of halogens is 3. The molecule has 0 saturated carbocycles. The Hall–Kier alpha value is -2.72. The lowest BCUT2D eigenvalue weighted by Gasteiger charge is -2.15. The van der Waals surface area contributed by atoms with E-state index in [1.807, 2.05) is 0 Å². The first-order valence-electron chi connectivity index (χ1n) is 9.20. The minimum absolute atomic E-state index is 0.159. The Kier molecular flexibility index (Phi) is 4.91. The minimum atomic E-state index is -4.42. The van der Waals surface area contributed by atoms with Crippen molar-refractivity contribution in [2.75, 3.05) is 6.61 Å². The van der Waals surface area contributed by atoms with Crippen molar-refractivity contribution in [3.63, 3.8) is 0 Å². The summed E-state index contributed by atoms with van der Waals surface area (Å²) in [7, 11) is 0. The minimum Gasteiger partial charge on any atom is -0.390 e. The third-order valence-corrected chi connectivity index (χ3v) is 5.12. The second kappa shape index (κ2) is 7.27. The molecule has 4 rings (SSSR count). The van der Waals surface area contributed by atoms with E-state index in [0.29, 0.717) is 18.0 Å². The van der Waals surface area contributed by atoms with E-state index in [4.69, 9.17) is 4.74 Å². The lowest BCUT2D eigenvalue weighted by atomic mass is 10.1. The van der Waals surface area contributed by atoms with Crippen LogP contribution in [0.1, 0.15) is 54.6 Å². The van der Waals surface area contributed by atoms with E-state index in [1.165, 1.54) is 16.8 Å². The van der Waals surface area contributed by atoms with Crippen LogP contribution in [0.3, 0.4) is 0 Å². The summed E-state index contributed by atoms with van der Waals surface area (Å²) in [6.45, 7) is 1.85. The van der Waals surface area contributed by atoms with Gasteiger partial charge in [0, 0.05) is 6.61 Å². The molecule has 1 aliphatic heterocycles. The molecule has 0 amide bonds. The van der Waals surface area contributed by atoms with E-state index in [9.17, 15) is 23.1 Å². The summed E-state index contributed by atoms with van der Waals surface area (Å²) in [6.07, 6.45) is -3.16. The average Bonchev–Trinajstić information content (AvgIpc) is 3.35. The maximum absolute atomic E-state index is 12.8. The van der Waals surface area contributed by atoms with E-state index < -0.39 is 29.9 Å². The van der Waals surface area contributed by atoms with Gasteiger partial charge in [-0.15, -0.1) is 0 Å². The number of fused-ring (bicyclic) bond motifs is 1. The normalized spacial score (nSPS) is 18.4. The van der Waals surface area contributed by atoms with E-state index >= 15 is 0 Å². The zero-order valence-electron chi connectivity index (χ0n) is 15.5. The quantitative estimate of drug-likeness (QED) is 0.692. The fourth-order valence-corrected chi connectivity index (χ4v) is 3.55. The molecule has 1 aromatic carbocycles. The number of hydrogen-bond donors (Lipinski definition) is 2. The topological polar surface area (TPSA) is 93.0 Å². The summed E-state index contributed by atoms with van der Waals surface area (Å²) in [5.74, 6) is 0.380. The summed E-state index contributed by atoms with van der Waals surface area (Å²) >= 11 is 0. The number of benzene rings is 1. The Morgan fingerprint density at radius 1 is 1.34 bits per heavy atom. The zero-order chi connectivity index (χ0) is 20.8. The standard InChI is InChI=1S/C19H19F3N4O3/c1-10(11-4-6-12(7-5-11)19(20,21)22)26-17-15(13(9-27)25-26)18(28)24-16(23-17)14-3-2-8-29-14/h4-7,10,14,27H,2-3,8-9H2,1H3,(H,23,24,28)/t10-,14-/m1/s1. The molecule has 0 spiro atoms. The first kappa shape index (κ1) is 19.6. The van der Waals surface area contributed by atoms with Gasteiger partial charge in [-0.3, -0.25) is 4.79 Å². The number of aliphatic hydroxyl groups excluding tert-OH is 1. The number of aliphatic hydroxyl groups is 1. The summed E-state index contributed by atoms with van der Waals surface area (Å²) in [6, 6.07) is 4.23. The first-order valence-corrected chi connectivity index (χ1v) is 9.20. The molecular formula is C19H19F3N4O3. The zero-order valence-corrected chi connectivity index (χ0v) is 15.5. The maximum atomic E-state index is 12.8. The van der Waals surface area contributed by atoms with Crippen LogP contribution in [0.2, 0.25) is 0 Å².